The summed E-state index contributed by atoms with van der Waals surface area (Å²) in [5.74, 6) is 0.462. The van der Waals surface area contributed by atoms with Gasteiger partial charge in [0.2, 0.25) is 5.69 Å². The summed E-state index contributed by atoms with van der Waals surface area (Å²) in [6.45, 7) is 11.6. The molecule has 0 aliphatic heterocycles. The summed E-state index contributed by atoms with van der Waals surface area (Å²) in [6, 6.07) is 7.78. The number of nitrogens with zero attached hydrogens (tertiary/aromatic N) is 1. The topological polar surface area (TPSA) is 3.88 Å². The van der Waals surface area contributed by atoms with Gasteiger partial charge < -0.3 is 0 Å². The highest BCUT2D eigenvalue weighted by atomic mass is 28.3. The predicted molar refractivity (Wildman–Crippen MR) is 99.6 cm³/mol. The number of benzene rings is 1. The summed E-state index contributed by atoms with van der Waals surface area (Å²) in [6.07, 6.45) is 2.29. The van der Waals surface area contributed by atoms with Crippen molar-refractivity contribution in [3.8, 4) is 11.3 Å². The molecule has 0 fully saturated rings. The molecule has 1 aromatic carbocycles. The van der Waals surface area contributed by atoms with Gasteiger partial charge in [0.25, 0.3) is 0 Å². The van der Waals surface area contributed by atoms with Crippen LogP contribution in [-0.2, 0) is 7.05 Å². The smallest absolute Gasteiger partial charge is 0.201 e. The molecule has 0 saturated carbocycles. The molecule has 1 heterocycles. The largest absolute Gasteiger partial charge is 0.212 e. The normalized spacial score (nSPS) is 14.6. The Morgan fingerprint density at radius 1 is 1.14 bits per heavy atom. The highest BCUT2D eigenvalue weighted by Gasteiger charge is 2.27. The van der Waals surface area contributed by atoms with Gasteiger partial charge in [-0.25, -0.2) is 4.57 Å². The van der Waals surface area contributed by atoms with Crippen LogP contribution in [0.4, 0.5) is 0 Å². The van der Waals surface area contributed by atoms with Crippen LogP contribution in [0.1, 0.15) is 40.6 Å². The monoisotopic (exact) mass is 315 g/mol. The first-order chi connectivity index (χ1) is 11.3. The molecule has 1 nitrogen and oxygen atoms in total. The van der Waals surface area contributed by atoms with Crippen LogP contribution in [0.5, 0.6) is 0 Å². The van der Waals surface area contributed by atoms with Gasteiger partial charge in [-0.3, -0.25) is 0 Å². The van der Waals surface area contributed by atoms with Crippen molar-refractivity contribution in [1.29, 1.82) is 0 Å². The summed E-state index contributed by atoms with van der Waals surface area (Å²) in [7, 11) is 0.645. The Balaban J connectivity index is 2.67. The summed E-state index contributed by atoms with van der Waals surface area (Å²) in [5, 5.41) is 1.49. The van der Waals surface area contributed by atoms with Crippen molar-refractivity contribution in [2.24, 2.45) is 7.05 Å². The zero-order valence-corrected chi connectivity index (χ0v) is 15.9. The highest BCUT2D eigenvalue weighted by molar-refractivity contribution is 6.89. The Kier molecular flexibility index (Phi) is 3.56. The molecule has 0 N–H and O–H groups in total. The van der Waals surface area contributed by atoms with Crippen molar-refractivity contribution in [2.45, 2.75) is 53.2 Å². The van der Waals surface area contributed by atoms with Gasteiger partial charge in [-0.05, 0) is 36.9 Å². The number of rotatable bonds is 3. The highest BCUT2D eigenvalue weighted by Crippen LogP contribution is 2.25. The minimum absolute atomic E-state index is 0.402. The minimum Gasteiger partial charge on any atom is -0.201 e. The maximum atomic E-state index is 7.61. The number of pyridine rings is 1. The van der Waals surface area contributed by atoms with Gasteiger partial charge in [-0.15, -0.1) is 0 Å². The van der Waals surface area contributed by atoms with Gasteiger partial charge in [0.15, 0.2) is 6.20 Å². The summed E-state index contributed by atoms with van der Waals surface area (Å²) in [5.41, 5.74) is 5.05. The van der Waals surface area contributed by atoms with E-state index in [0.717, 1.165) is 16.8 Å². The van der Waals surface area contributed by atoms with Crippen LogP contribution in [0.25, 0.3) is 11.3 Å². The van der Waals surface area contributed by atoms with E-state index in [0.29, 0.717) is 11.5 Å². The lowest BCUT2D eigenvalue weighted by molar-refractivity contribution is -0.659. The van der Waals surface area contributed by atoms with Crippen LogP contribution in [0, 0.1) is 13.8 Å². The third kappa shape index (κ3) is 3.32. The maximum Gasteiger partial charge on any atom is 0.212 e. The first kappa shape index (κ1) is 13.1. The number of hydrogen-bond donors (Lipinski definition) is 0. The molecule has 2 rings (SSSR count). The van der Waals surface area contributed by atoms with E-state index in [-0.39, 0.29) is 0 Å². The average Bonchev–Trinajstić information content (AvgIpc) is 2.45. The van der Waals surface area contributed by atoms with Crippen LogP contribution in [0.2, 0.25) is 19.6 Å². The lowest BCUT2D eigenvalue weighted by Gasteiger charge is -2.22. The fraction of sp³-hybridized carbons (Fsp3) is 0.450. The molecule has 1 aromatic heterocycles. The van der Waals surface area contributed by atoms with E-state index in [9.17, 15) is 0 Å². The lowest BCUT2D eigenvalue weighted by Crippen LogP contribution is -2.47. The van der Waals surface area contributed by atoms with Crippen LogP contribution >= 0.6 is 0 Å². The molecule has 0 aliphatic carbocycles. The van der Waals surface area contributed by atoms with Crippen molar-refractivity contribution >= 4 is 13.3 Å². The number of aromatic nitrogens is 1. The van der Waals surface area contributed by atoms with Crippen molar-refractivity contribution in [2.75, 3.05) is 0 Å². The van der Waals surface area contributed by atoms with Gasteiger partial charge in [0.1, 0.15) is 7.05 Å². The lowest BCUT2D eigenvalue weighted by atomic mass is 9.98. The second-order valence-electron chi connectivity index (χ2n) is 7.57. The molecule has 0 bridgehead atoms. The second-order valence-corrected chi connectivity index (χ2v) is 12.6. The van der Waals surface area contributed by atoms with Crippen LogP contribution in [-0.4, -0.2) is 8.07 Å². The number of aryl methyl sites for hydroxylation is 3. The zero-order chi connectivity index (χ0) is 19.2. The molecule has 2 heteroatoms. The van der Waals surface area contributed by atoms with Crippen molar-refractivity contribution in [1.82, 2.24) is 0 Å². The molecule has 2 aromatic rings. The van der Waals surface area contributed by atoms with Gasteiger partial charge >= 0.3 is 0 Å². The Hall–Kier alpha value is -1.41. The fourth-order valence-corrected chi connectivity index (χ4v) is 4.80. The molecule has 0 spiro atoms. The predicted octanol–water partition coefficient (Wildman–Crippen LogP) is 4.46. The van der Waals surface area contributed by atoms with E-state index < -0.39 is 14.9 Å². The second kappa shape index (κ2) is 6.00. The molecular formula is C20H30NSi+. The molecule has 118 valence electrons. The number of hydrogen-bond acceptors (Lipinski definition) is 0. The van der Waals surface area contributed by atoms with E-state index in [1.807, 2.05) is 13.0 Å². The molecule has 0 unspecified atom stereocenters. The molecular weight excluding hydrogens is 282 g/mol. The quantitative estimate of drug-likeness (QED) is 0.581. The minimum atomic E-state index is -2.06. The van der Waals surface area contributed by atoms with E-state index in [1.54, 1.807) is 12.1 Å². The Morgan fingerprint density at radius 2 is 1.82 bits per heavy atom. The SMILES string of the molecule is [2H]C([2H])([2H])c1ccc(-c2cc(C(C)C)c([Si](C)(C)C)c[n+]2C)c(C)c1. The summed E-state index contributed by atoms with van der Waals surface area (Å²) >= 11 is 0. The van der Waals surface area contributed by atoms with Gasteiger partial charge in [0.05, 0.1) is 8.07 Å². The Bertz CT molecular complexity index is 787. The van der Waals surface area contributed by atoms with Crippen molar-refractivity contribution in [3.05, 3.63) is 47.2 Å². The van der Waals surface area contributed by atoms with E-state index >= 15 is 0 Å². The molecule has 0 saturated heterocycles. The zero-order valence-electron chi connectivity index (χ0n) is 17.9. The van der Waals surface area contributed by atoms with Gasteiger partial charge in [0, 0.05) is 20.9 Å². The first-order valence-electron chi connectivity index (χ1n) is 9.48. The summed E-state index contributed by atoms with van der Waals surface area (Å²) < 4.78 is 25.0. The molecule has 0 amide bonds. The third-order valence-electron chi connectivity index (χ3n) is 4.24. The van der Waals surface area contributed by atoms with Crippen LogP contribution in [0.15, 0.2) is 30.5 Å². The van der Waals surface area contributed by atoms with Crippen molar-refractivity contribution in [3.63, 3.8) is 0 Å². The molecule has 0 radical (unpaired) electrons. The average molecular weight is 316 g/mol. The first-order valence-corrected chi connectivity index (χ1v) is 11.5. The maximum absolute atomic E-state index is 7.61. The van der Waals surface area contributed by atoms with E-state index in [4.69, 9.17) is 4.11 Å². The van der Waals surface area contributed by atoms with E-state index in [1.165, 1.54) is 10.8 Å². The molecule has 0 aliphatic rings. The summed E-state index contributed by atoms with van der Waals surface area (Å²) in [4.78, 5) is 0. The van der Waals surface area contributed by atoms with Gasteiger partial charge in [-0.1, -0.05) is 51.2 Å². The fourth-order valence-electron chi connectivity index (χ4n) is 2.99. The molecule has 0 atom stereocenters. The molecule has 22 heavy (non-hydrogen) atoms. The Morgan fingerprint density at radius 3 is 2.32 bits per heavy atom. The Labute approximate surface area is 141 Å². The van der Waals surface area contributed by atoms with E-state index in [2.05, 4.69) is 57.4 Å². The van der Waals surface area contributed by atoms with Crippen LogP contribution in [0.3, 0.4) is 0 Å². The van der Waals surface area contributed by atoms with Gasteiger partial charge in [-0.2, -0.15) is 0 Å². The van der Waals surface area contributed by atoms with Crippen LogP contribution < -0.4 is 9.75 Å². The standard InChI is InChI=1S/C20H30NSi/c1-14(2)18-12-19(17-10-9-15(3)11-16(17)4)21(5)13-20(18)22(6,7)8/h9-14H,1-8H3/q+1/i3D3. The van der Waals surface area contributed by atoms with Crippen molar-refractivity contribution < 1.29 is 8.68 Å². The third-order valence-corrected chi connectivity index (χ3v) is 6.27.